The molecule has 3 aromatic rings. The van der Waals surface area contributed by atoms with Crippen LogP contribution in [0.25, 0.3) is 17.2 Å². The average Bonchev–Trinajstić information content (AvgIpc) is 2.86. The number of esters is 2. The molecule has 0 bridgehead atoms. The van der Waals surface area contributed by atoms with Crippen molar-refractivity contribution in [1.82, 2.24) is 0 Å². The molecule has 0 fully saturated rings. The number of hydrogen-bond donors (Lipinski definition) is 1. The van der Waals surface area contributed by atoms with Gasteiger partial charge in [0.1, 0.15) is 17.6 Å². The lowest BCUT2D eigenvalue weighted by atomic mass is 10.0. The first kappa shape index (κ1) is 24.4. The van der Waals surface area contributed by atoms with Crippen LogP contribution in [-0.4, -0.2) is 17.2 Å². The predicted octanol–water partition coefficient (Wildman–Crippen LogP) is 6.17. The van der Waals surface area contributed by atoms with Gasteiger partial charge in [-0.3, -0.25) is 5.26 Å². The maximum atomic E-state index is 11.6. The normalized spacial score (nSPS) is 11.6. The number of ether oxygens (including phenoxy) is 2. The largest absolute Gasteiger partial charge is 0.423 e. The molecule has 0 spiro atoms. The van der Waals surface area contributed by atoms with Crippen molar-refractivity contribution in [3.05, 3.63) is 115 Å². The van der Waals surface area contributed by atoms with Crippen molar-refractivity contribution in [3.63, 3.8) is 0 Å². The predicted molar refractivity (Wildman–Crippen MR) is 130 cm³/mol. The quantitative estimate of drug-likeness (QED) is 0.136. The maximum Gasteiger partial charge on any atom is 0.338 e. The summed E-state index contributed by atoms with van der Waals surface area (Å²) in [6.07, 6.45) is 3.96. The van der Waals surface area contributed by atoms with Gasteiger partial charge in [0.2, 0.25) is 0 Å². The van der Waals surface area contributed by atoms with E-state index in [1.54, 1.807) is 49.4 Å². The summed E-state index contributed by atoms with van der Waals surface area (Å²) in [6, 6.07) is 21.6. The zero-order chi connectivity index (χ0) is 24.5. The van der Waals surface area contributed by atoms with E-state index < -0.39 is 18.0 Å². The fraction of sp³-hybridized carbons (Fsp3) is 0.0714. The molecular weight excluding hydrogens is 432 g/mol. The van der Waals surface area contributed by atoms with Gasteiger partial charge in [-0.2, -0.15) is 0 Å². The van der Waals surface area contributed by atoms with E-state index in [0.29, 0.717) is 22.6 Å². The minimum absolute atomic E-state index is 0.306. The van der Waals surface area contributed by atoms with E-state index in [1.807, 2.05) is 42.5 Å². The Morgan fingerprint density at radius 2 is 1.38 bits per heavy atom. The summed E-state index contributed by atoms with van der Waals surface area (Å²) in [5.41, 5.74) is 3.87. The van der Waals surface area contributed by atoms with Gasteiger partial charge in [-0.05, 0) is 59.5 Å². The van der Waals surface area contributed by atoms with E-state index in [4.69, 9.17) is 9.47 Å². The number of carbonyl (C=O) groups excluding carboxylic acids is 2. The van der Waals surface area contributed by atoms with Crippen molar-refractivity contribution >= 4 is 18.0 Å². The summed E-state index contributed by atoms with van der Waals surface area (Å²) >= 11 is 0. The molecule has 3 rings (SSSR count). The molecule has 0 aliphatic rings. The van der Waals surface area contributed by atoms with E-state index in [9.17, 15) is 14.8 Å². The minimum Gasteiger partial charge on any atom is -0.423 e. The van der Waals surface area contributed by atoms with Gasteiger partial charge in [0.05, 0.1) is 0 Å². The third kappa shape index (κ3) is 6.62. The Morgan fingerprint density at radius 1 is 0.853 bits per heavy atom. The third-order valence-corrected chi connectivity index (χ3v) is 4.83. The van der Waals surface area contributed by atoms with Gasteiger partial charge in [-0.15, -0.1) is 0 Å². The summed E-state index contributed by atoms with van der Waals surface area (Å²) in [4.78, 5) is 27.5. The van der Waals surface area contributed by atoms with Crippen molar-refractivity contribution < 1.29 is 29.2 Å². The van der Waals surface area contributed by atoms with Crippen molar-refractivity contribution in [1.29, 1.82) is 0 Å². The molecular formula is C28H24O6. The average molecular weight is 456 g/mol. The van der Waals surface area contributed by atoms with Gasteiger partial charge in [-0.25, -0.2) is 14.5 Å². The second kappa shape index (κ2) is 11.6. The number of hydrogen-bond acceptors (Lipinski definition) is 6. The second-order valence-corrected chi connectivity index (χ2v) is 7.40. The van der Waals surface area contributed by atoms with Gasteiger partial charge < -0.3 is 9.47 Å². The van der Waals surface area contributed by atoms with Crippen LogP contribution < -0.4 is 9.47 Å². The second-order valence-electron chi connectivity index (χ2n) is 7.40. The monoisotopic (exact) mass is 456 g/mol. The van der Waals surface area contributed by atoms with Crippen molar-refractivity contribution in [3.8, 4) is 22.6 Å². The molecule has 0 aromatic heterocycles. The molecule has 34 heavy (non-hydrogen) atoms. The molecule has 0 aliphatic carbocycles. The lowest BCUT2D eigenvalue weighted by molar-refractivity contribution is -0.268. The Morgan fingerprint density at radius 3 is 1.91 bits per heavy atom. The van der Waals surface area contributed by atoms with Crippen LogP contribution >= 0.6 is 0 Å². The Kier molecular flexibility index (Phi) is 8.29. The molecule has 1 N–H and O–H groups in total. The number of rotatable bonds is 9. The molecule has 0 saturated carbocycles. The summed E-state index contributed by atoms with van der Waals surface area (Å²) in [5, 5.41) is 9.35. The Balaban J connectivity index is 1.65. The summed E-state index contributed by atoms with van der Waals surface area (Å²) in [5.74, 6) is -0.181. The van der Waals surface area contributed by atoms with E-state index in [-0.39, 0.29) is 0 Å². The minimum atomic E-state index is -0.698. The standard InChI is InChI=1S/C28H24O6/c1-4-27(29)32-24-14-10-22(11-15-24)21-8-5-20(6-9-21)7-18-26(34-31)23-12-16-25(17-13-23)33-28(30)19(2)3/h4-18,26,31H,1-2H2,3H3/b18-7+. The van der Waals surface area contributed by atoms with E-state index in [2.05, 4.69) is 18.0 Å². The lowest BCUT2D eigenvalue weighted by Crippen LogP contribution is -2.08. The molecule has 1 unspecified atom stereocenters. The van der Waals surface area contributed by atoms with Crippen LogP contribution in [0.4, 0.5) is 0 Å². The maximum absolute atomic E-state index is 11.6. The van der Waals surface area contributed by atoms with Crippen LogP contribution in [0.5, 0.6) is 11.5 Å². The highest BCUT2D eigenvalue weighted by atomic mass is 17.1. The molecule has 0 heterocycles. The first-order valence-corrected chi connectivity index (χ1v) is 10.4. The Labute approximate surface area is 198 Å². The number of benzene rings is 3. The fourth-order valence-corrected chi connectivity index (χ4v) is 2.99. The van der Waals surface area contributed by atoms with E-state index in [0.717, 1.165) is 22.8 Å². The Bertz CT molecular complexity index is 1190. The zero-order valence-electron chi connectivity index (χ0n) is 18.6. The first-order chi connectivity index (χ1) is 16.4. The molecule has 172 valence electrons. The Hall–Kier alpha value is -4.26. The summed E-state index contributed by atoms with van der Waals surface area (Å²) < 4.78 is 10.2. The molecule has 3 aromatic carbocycles. The molecule has 1 atom stereocenters. The highest BCUT2D eigenvalue weighted by Gasteiger charge is 2.10. The molecule has 0 radical (unpaired) electrons. The highest BCUT2D eigenvalue weighted by Crippen LogP contribution is 2.25. The van der Waals surface area contributed by atoms with Crippen LogP contribution in [0.15, 0.2) is 104 Å². The fourth-order valence-electron chi connectivity index (χ4n) is 2.99. The van der Waals surface area contributed by atoms with Crippen LogP contribution in [0.3, 0.4) is 0 Å². The summed E-state index contributed by atoms with van der Waals surface area (Å²) in [7, 11) is 0. The van der Waals surface area contributed by atoms with Gasteiger partial charge in [0, 0.05) is 11.6 Å². The molecule has 6 heteroatoms. The molecule has 0 saturated heterocycles. The van der Waals surface area contributed by atoms with Crippen molar-refractivity contribution in [2.45, 2.75) is 13.0 Å². The third-order valence-electron chi connectivity index (χ3n) is 4.83. The van der Waals surface area contributed by atoms with E-state index in [1.165, 1.54) is 0 Å². The number of carbonyl (C=O) groups is 2. The highest BCUT2D eigenvalue weighted by molar-refractivity contribution is 5.88. The van der Waals surface area contributed by atoms with E-state index >= 15 is 0 Å². The zero-order valence-corrected chi connectivity index (χ0v) is 18.6. The first-order valence-electron chi connectivity index (χ1n) is 10.4. The van der Waals surface area contributed by atoms with Crippen LogP contribution in [0, 0.1) is 0 Å². The lowest BCUT2D eigenvalue weighted by Gasteiger charge is -2.10. The van der Waals surface area contributed by atoms with Crippen LogP contribution in [0.2, 0.25) is 0 Å². The molecule has 0 aliphatic heterocycles. The van der Waals surface area contributed by atoms with Gasteiger partial charge >= 0.3 is 11.9 Å². The van der Waals surface area contributed by atoms with Crippen LogP contribution in [-0.2, 0) is 14.5 Å². The van der Waals surface area contributed by atoms with Gasteiger partial charge in [0.25, 0.3) is 0 Å². The van der Waals surface area contributed by atoms with Gasteiger partial charge in [-0.1, -0.05) is 67.8 Å². The van der Waals surface area contributed by atoms with Crippen molar-refractivity contribution in [2.24, 2.45) is 0 Å². The smallest absolute Gasteiger partial charge is 0.338 e. The van der Waals surface area contributed by atoms with Crippen LogP contribution in [0.1, 0.15) is 24.2 Å². The summed E-state index contributed by atoms with van der Waals surface area (Å²) in [6.45, 7) is 8.49. The van der Waals surface area contributed by atoms with Crippen molar-refractivity contribution in [2.75, 3.05) is 0 Å². The topological polar surface area (TPSA) is 82.1 Å². The molecule has 0 amide bonds. The molecule has 6 nitrogen and oxygen atoms in total. The SMILES string of the molecule is C=CC(=O)Oc1ccc(-c2ccc(/C=C/C(OO)c3ccc(OC(=O)C(=C)C)cc3)cc2)cc1. The van der Waals surface area contributed by atoms with Gasteiger partial charge in [0.15, 0.2) is 0 Å².